The Kier molecular flexibility index (Phi) is 4.63. The number of hydrogen-bond acceptors (Lipinski definition) is 5. The van der Waals surface area contributed by atoms with Crippen molar-refractivity contribution >= 4 is 18.0 Å². The minimum Gasteiger partial charge on any atom is -0.468 e. The highest BCUT2D eigenvalue weighted by Gasteiger charge is 2.48. The maximum absolute atomic E-state index is 12.3. The second-order valence-corrected chi connectivity index (χ2v) is 6.81. The number of carbonyl (C=O) groups is 3. The van der Waals surface area contributed by atoms with Gasteiger partial charge in [0, 0.05) is 6.54 Å². The molecule has 1 N–H and O–H groups in total. The van der Waals surface area contributed by atoms with Crippen LogP contribution in [0.2, 0.25) is 0 Å². The van der Waals surface area contributed by atoms with Gasteiger partial charge in [-0.1, -0.05) is 0 Å². The van der Waals surface area contributed by atoms with E-state index in [1.54, 1.807) is 25.7 Å². The van der Waals surface area contributed by atoms with Gasteiger partial charge in [-0.2, -0.15) is 0 Å². The fourth-order valence-corrected chi connectivity index (χ4v) is 3.13. The lowest BCUT2D eigenvalue weighted by Gasteiger charge is -2.37. The van der Waals surface area contributed by atoms with Crippen LogP contribution in [0.1, 0.15) is 40.0 Å². The molecule has 2 saturated heterocycles. The summed E-state index contributed by atoms with van der Waals surface area (Å²) in [6, 6.07) is -0.361. The van der Waals surface area contributed by atoms with Gasteiger partial charge in [0.1, 0.15) is 11.5 Å². The first-order chi connectivity index (χ1) is 10.2. The van der Waals surface area contributed by atoms with Gasteiger partial charge in [-0.15, -0.1) is 0 Å². The Morgan fingerprint density at radius 1 is 1.32 bits per heavy atom. The number of esters is 1. The minimum atomic E-state index is -0.754. The van der Waals surface area contributed by atoms with E-state index in [4.69, 9.17) is 9.47 Å². The average molecular weight is 312 g/mol. The second kappa shape index (κ2) is 6.14. The van der Waals surface area contributed by atoms with Crippen LogP contribution in [0.3, 0.4) is 0 Å². The van der Waals surface area contributed by atoms with Crippen LogP contribution in [-0.4, -0.2) is 54.2 Å². The lowest BCUT2D eigenvalue weighted by Crippen LogP contribution is -2.54. The van der Waals surface area contributed by atoms with Crippen molar-refractivity contribution in [3.8, 4) is 0 Å². The maximum Gasteiger partial charge on any atom is 0.407 e. The molecule has 22 heavy (non-hydrogen) atoms. The highest BCUT2D eigenvalue weighted by molar-refractivity contribution is 5.99. The quantitative estimate of drug-likeness (QED) is 0.609. The van der Waals surface area contributed by atoms with E-state index < -0.39 is 23.6 Å². The molecule has 7 heteroatoms. The molecule has 0 bridgehead atoms. The average Bonchev–Trinajstić information content (AvgIpc) is 2.75. The second-order valence-electron chi connectivity index (χ2n) is 6.81. The van der Waals surface area contributed by atoms with Crippen LogP contribution < -0.4 is 5.32 Å². The van der Waals surface area contributed by atoms with Crippen molar-refractivity contribution in [1.82, 2.24) is 10.2 Å². The van der Waals surface area contributed by atoms with Crippen molar-refractivity contribution in [2.24, 2.45) is 5.92 Å². The third-order valence-corrected chi connectivity index (χ3v) is 4.03. The number of amides is 2. The fourth-order valence-electron chi connectivity index (χ4n) is 3.13. The van der Waals surface area contributed by atoms with E-state index in [2.05, 4.69) is 5.32 Å². The van der Waals surface area contributed by atoms with Crippen LogP contribution in [0.4, 0.5) is 4.79 Å². The van der Waals surface area contributed by atoms with E-state index in [1.165, 1.54) is 7.11 Å². The van der Waals surface area contributed by atoms with Crippen LogP contribution in [0, 0.1) is 5.92 Å². The molecule has 2 aliphatic rings. The van der Waals surface area contributed by atoms with E-state index in [9.17, 15) is 14.4 Å². The third kappa shape index (κ3) is 3.51. The van der Waals surface area contributed by atoms with Crippen molar-refractivity contribution in [3.05, 3.63) is 0 Å². The number of nitrogens with zero attached hydrogens (tertiary/aromatic N) is 1. The van der Waals surface area contributed by atoms with Gasteiger partial charge < -0.3 is 19.7 Å². The van der Waals surface area contributed by atoms with Gasteiger partial charge in [-0.3, -0.25) is 9.59 Å². The Bertz CT molecular complexity index is 471. The van der Waals surface area contributed by atoms with E-state index >= 15 is 0 Å². The number of piperidine rings is 1. The fraction of sp³-hybridized carbons (Fsp3) is 0.800. The molecule has 124 valence electrons. The Balaban J connectivity index is 2.04. The van der Waals surface area contributed by atoms with Crippen LogP contribution >= 0.6 is 0 Å². The highest BCUT2D eigenvalue weighted by atomic mass is 16.6. The molecular weight excluding hydrogens is 288 g/mol. The molecule has 0 unspecified atom stereocenters. The zero-order valence-corrected chi connectivity index (χ0v) is 13.5. The molecule has 3 atom stereocenters. The summed E-state index contributed by atoms with van der Waals surface area (Å²) in [7, 11) is 1.28. The van der Waals surface area contributed by atoms with Crippen molar-refractivity contribution in [1.29, 1.82) is 0 Å². The molecule has 0 aromatic carbocycles. The summed E-state index contributed by atoms with van der Waals surface area (Å²) in [4.78, 5) is 37.6. The van der Waals surface area contributed by atoms with Crippen molar-refractivity contribution in [2.75, 3.05) is 13.7 Å². The SMILES string of the molecule is COC(=O)[C@@H]1C[C@H]2[C@@H](NC(=O)OC(C)(C)C)CCCN2C1=O. The van der Waals surface area contributed by atoms with Crippen molar-refractivity contribution in [2.45, 2.75) is 57.7 Å². The predicted molar refractivity (Wildman–Crippen MR) is 78.0 cm³/mol. The standard InChI is InChI=1S/C15H24N2O5/c1-15(2,3)22-14(20)16-10-6-5-7-17-11(10)8-9(12(17)18)13(19)21-4/h9-11H,5-8H2,1-4H3,(H,16,20)/t9-,10+,11+/m1/s1. The zero-order chi connectivity index (χ0) is 16.5. The third-order valence-electron chi connectivity index (χ3n) is 4.03. The predicted octanol–water partition coefficient (Wildman–Crippen LogP) is 1.06. The first-order valence-corrected chi connectivity index (χ1v) is 7.61. The summed E-state index contributed by atoms with van der Waals surface area (Å²) in [5, 5.41) is 2.84. The van der Waals surface area contributed by atoms with Crippen molar-refractivity contribution < 1.29 is 23.9 Å². The molecule has 2 fully saturated rings. The number of carbonyl (C=O) groups excluding carboxylic acids is 3. The number of nitrogens with one attached hydrogen (secondary N) is 1. The normalized spacial score (nSPS) is 28.1. The van der Waals surface area contributed by atoms with Gasteiger partial charge in [-0.25, -0.2) is 4.79 Å². The molecule has 0 spiro atoms. The molecule has 7 nitrogen and oxygen atoms in total. The van der Waals surface area contributed by atoms with Crippen LogP contribution in [0.5, 0.6) is 0 Å². The van der Waals surface area contributed by atoms with E-state index in [0.29, 0.717) is 13.0 Å². The number of fused-ring (bicyclic) bond motifs is 1. The summed E-state index contributed by atoms with van der Waals surface area (Å²) in [6.07, 6.45) is 1.44. The molecule has 2 aliphatic heterocycles. The summed E-state index contributed by atoms with van der Waals surface area (Å²) >= 11 is 0. The number of hydrogen-bond donors (Lipinski definition) is 1. The number of ether oxygens (including phenoxy) is 2. The Morgan fingerprint density at radius 2 is 2.00 bits per heavy atom. The number of methoxy groups -OCH3 is 1. The summed E-state index contributed by atoms with van der Waals surface area (Å²) in [6.45, 7) is 6.01. The molecule has 2 amide bonds. The van der Waals surface area contributed by atoms with E-state index in [0.717, 1.165) is 12.8 Å². The first kappa shape index (κ1) is 16.6. The number of alkyl carbamates (subject to hydrolysis) is 1. The lowest BCUT2D eigenvalue weighted by molar-refractivity contribution is -0.150. The van der Waals surface area contributed by atoms with Crippen molar-refractivity contribution in [3.63, 3.8) is 0 Å². The number of rotatable bonds is 2. The Labute approximate surface area is 130 Å². The van der Waals surface area contributed by atoms with Gasteiger partial charge in [0.25, 0.3) is 0 Å². The monoisotopic (exact) mass is 312 g/mol. The molecular formula is C15H24N2O5. The Morgan fingerprint density at radius 3 is 2.59 bits per heavy atom. The van der Waals surface area contributed by atoms with E-state index in [-0.39, 0.29) is 18.0 Å². The van der Waals surface area contributed by atoms with Gasteiger partial charge in [-0.05, 0) is 40.0 Å². The van der Waals surface area contributed by atoms with Gasteiger partial charge in [0.05, 0.1) is 19.2 Å². The molecule has 0 saturated carbocycles. The van der Waals surface area contributed by atoms with Crippen LogP contribution in [-0.2, 0) is 19.1 Å². The van der Waals surface area contributed by atoms with Gasteiger partial charge >= 0.3 is 12.1 Å². The largest absolute Gasteiger partial charge is 0.468 e. The van der Waals surface area contributed by atoms with Crippen LogP contribution in [0.15, 0.2) is 0 Å². The maximum atomic E-state index is 12.3. The zero-order valence-electron chi connectivity index (χ0n) is 13.5. The molecule has 0 radical (unpaired) electrons. The smallest absolute Gasteiger partial charge is 0.407 e. The lowest BCUT2D eigenvalue weighted by atomic mass is 9.94. The molecule has 0 aliphatic carbocycles. The summed E-state index contributed by atoms with van der Waals surface area (Å²) < 4.78 is 9.96. The van der Waals surface area contributed by atoms with E-state index in [1.807, 2.05) is 0 Å². The topological polar surface area (TPSA) is 84.9 Å². The van der Waals surface area contributed by atoms with Crippen LogP contribution in [0.25, 0.3) is 0 Å². The Hall–Kier alpha value is -1.79. The minimum absolute atomic E-state index is 0.169. The molecule has 2 rings (SSSR count). The first-order valence-electron chi connectivity index (χ1n) is 7.61. The summed E-state index contributed by atoms with van der Waals surface area (Å²) in [5.74, 6) is -1.46. The highest BCUT2D eigenvalue weighted by Crippen LogP contribution is 2.32. The van der Waals surface area contributed by atoms with Gasteiger partial charge in [0.2, 0.25) is 5.91 Å². The summed E-state index contributed by atoms with van der Waals surface area (Å²) in [5.41, 5.74) is -0.571. The molecule has 0 aromatic rings. The van der Waals surface area contributed by atoms with Gasteiger partial charge in [0.15, 0.2) is 0 Å². The molecule has 2 heterocycles. The molecule has 0 aromatic heterocycles.